The summed E-state index contributed by atoms with van der Waals surface area (Å²) in [6.45, 7) is 3.84. The SMILES string of the molecule is Cc1cccc(NC(=O)c2cc(Cl)cc3c2OC(C)C3)n1. The van der Waals surface area contributed by atoms with Crippen LogP contribution in [-0.2, 0) is 6.42 Å². The van der Waals surface area contributed by atoms with Crippen LogP contribution in [0.2, 0.25) is 5.02 Å². The predicted molar refractivity (Wildman–Crippen MR) is 82.2 cm³/mol. The molecule has 1 aliphatic heterocycles. The second kappa shape index (κ2) is 5.37. The number of ether oxygens (including phenoxy) is 1. The molecule has 21 heavy (non-hydrogen) atoms. The van der Waals surface area contributed by atoms with Gasteiger partial charge in [-0.25, -0.2) is 4.98 Å². The fourth-order valence-electron chi connectivity index (χ4n) is 2.46. The molecule has 1 aromatic carbocycles. The summed E-state index contributed by atoms with van der Waals surface area (Å²) >= 11 is 6.10. The van der Waals surface area contributed by atoms with E-state index in [0.717, 1.165) is 17.7 Å². The van der Waals surface area contributed by atoms with Gasteiger partial charge >= 0.3 is 0 Å². The van der Waals surface area contributed by atoms with Crippen molar-refractivity contribution in [1.29, 1.82) is 0 Å². The molecule has 1 atom stereocenters. The Morgan fingerprint density at radius 1 is 1.43 bits per heavy atom. The van der Waals surface area contributed by atoms with E-state index in [9.17, 15) is 4.79 Å². The minimum atomic E-state index is -0.263. The summed E-state index contributed by atoms with van der Waals surface area (Å²) in [7, 11) is 0. The van der Waals surface area contributed by atoms with Crippen LogP contribution >= 0.6 is 11.6 Å². The number of amides is 1. The first-order chi connectivity index (χ1) is 10.0. The Bertz CT molecular complexity index is 715. The summed E-state index contributed by atoms with van der Waals surface area (Å²) in [5.74, 6) is 0.873. The minimum absolute atomic E-state index is 0.0575. The predicted octanol–water partition coefficient (Wildman–Crippen LogP) is 3.62. The van der Waals surface area contributed by atoms with Gasteiger partial charge < -0.3 is 10.1 Å². The first kappa shape index (κ1) is 13.9. The van der Waals surface area contributed by atoms with E-state index in [1.54, 1.807) is 12.1 Å². The summed E-state index contributed by atoms with van der Waals surface area (Å²) in [5, 5.41) is 3.32. The van der Waals surface area contributed by atoms with Crippen molar-refractivity contribution in [2.75, 3.05) is 5.32 Å². The van der Waals surface area contributed by atoms with E-state index in [4.69, 9.17) is 16.3 Å². The molecule has 1 aliphatic rings. The largest absolute Gasteiger partial charge is 0.489 e. The van der Waals surface area contributed by atoms with Crippen molar-refractivity contribution >= 4 is 23.3 Å². The third kappa shape index (κ3) is 2.85. The summed E-state index contributed by atoms with van der Waals surface area (Å²) < 4.78 is 5.74. The van der Waals surface area contributed by atoms with E-state index in [0.29, 0.717) is 22.2 Å². The van der Waals surface area contributed by atoms with Gasteiger partial charge in [0.2, 0.25) is 0 Å². The van der Waals surface area contributed by atoms with Gasteiger partial charge in [-0.05, 0) is 38.1 Å². The van der Waals surface area contributed by atoms with Crippen molar-refractivity contribution < 1.29 is 9.53 Å². The molecule has 1 N–H and O–H groups in total. The highest BCUT2D eigenvalue weighted by Gasteiger charge is 2.26. The standard InChI is InChI=1S/C16H15ClN2O2/c1-9-4-3-5-14(18-9)19-16(20)13-8-12(17)7-11-6-10(2)21-15(11)13/h3-5,7-8,10H,6H2,1-2H3,(H,18,19,20). The van der Waals surface area contributed by atoms with Gasteiger partial charge in [0.25, 0.3) is 5.91 Å². The van der Waals surface area contributed by atoms with E-state index < -0.39 is 0 Å². The van der Waals surface area contributed by atoms with Gasteiger partial charge in [0, 0.05) is 22.7 Å². The van der Waals surface area contributed by atoms with Crippen LogP contribution in [0.25, 0.3) is 0 Å². The molecule has 2 aromatic rings. The highest BCUT2D eigenvalue weighted by molar-refractivity contribution is 6.31. The molecule has 2 heterocycles. The topological polar surface area (TPSA) is 51.2 Å². The number of pyridine rings is 1. The molecular weight excluding hydrogens is 288 g/mol. The van der Waals surface area contributed by atoms with Crippen LogP contribution in [0.3, 0.4) is 0 Å². The summed E-state index contributed by atoms with van der Waals surface area (Å²) in [4.78, 5) is 16.7. The van der Waals surface area contributed by atoms with E-state index in [2.05, 4.69) is 10.3 Å². The molecule has 1 aromatic heterocycles. The fourth-order valence-corrected chi connectivity index (χ4v) is 2.70. The maximum absolute atomic E-state index is 12.5. The van der Waals surface area contributed by atoms with Crippen LogP contribution in [0.4, 0.5) is 5.82 Å². The lowest BCUT2D eigenvalue weighted by atomic mass is 10.1. The Hall–Kier alpha value is -2.07. The number of carbonyl (C=O) groups excluding carboxylic acids is 1. The number of benzene rings is 1. The summed E-state index contributed by atoms with van der Waals surface area (Å²) in [6.07, 6.45) is 0.820. The van der Waals surface area contributed by atoms with Crippen molar-refractivity contribution in [2.45, 2.75) is 26.4 Å². The lowest BCUT2D eigenvalue weighted by Gasteiger charge is -2.10. The van der Waals surface area contributed by atoms with E-state index in [1.165, 1.54) is 0 Å². The number of nitrogens with one attached hydrogen (secondary N) is 1. The number of fused-ring (bicyclic) bond motifs is 1. The molecule has 0 spiro atoms. The summed E-state index contributed by atoms with van der Waals surface area (Å²) in [6, 6.07) is 8.95. The lowest BCUT2D eigenvalue weighted by Crippen LogP contribution is -2.15. The Labute approximate surface area is 128 Å². The van der Waals surface area contributed by atoms with Gasteiger partial charge in [0.05, 0.1) is 5.56 Å². The number of rotatable bonds is 2. The van der Waals surface area contributed by atoms with Crippen LogP contribution in [0, 0.1) is 6.92 Å². The molecule has 0 radical (unpaired) electrons. The lowest BCUT2D eigenvalue weighted by molar-refractivity contribution is 0.102. The molecule has 0 bridgehead atoms. The highest BCUT2D eigenvalue weighted by atomic mass is 35.5. The van der Waals surface area contributed by atoms with Crippen LogP contribution < -0.4 is 10.1 Å². The second-order valence-electron chi connectivity index (χ2n) is 5.19. The smallest absolute Gasteiger partial charge is 0.260 e. The van der Waals surface area contributed by atoms with Crippen molar-refractivity contribution in [3.05, 3.63) is 52.2 Å². The number of carbonyl (C=O) groups is 1. The quantitative estimate of drug-likeness (QED) is 0.922. The number of nitrogens with zero attached hydrogens (tertiary/aromatic N) is 1. The number of anilines is 1. The highest BCUT2D eigenvalue weighted by Crippen LogP contribution is 2.35. The number of halogens is 1. The van der Waals surface area contributed by atoms with Crippen LogP contribution in [0.15, 0.2) is 30.3 Å². The van der Waals surface area contributed by atoms with Gasteiger partial charge in [0.15, 0.2) is 0 Å². The average molecular weight is 303 g/mol. The monoisotopic (exact) mass is 302 g/mol. The molecule has 0 saturated carbocycles. The third-order valence-corrected chi connectivity index (χ3v) is 3.55. The van der Waals surface area contributed by atoms with Gasteiger partial charge in [-0.3, -0.25) is 4.79 Å². The molecular formula is C16H15ClN2O2. The van der Waals surface area contributed by atoms with Gasteiger partial charge in [-0.2, -0.15) is 0 Å². The van der Waals surface area contributed by atoms with E-state index in [-0.39, 0.29) is 12.0 Å². The first-order valence-corrected chi connectivity index (χ1v) is 7.15. The Morgan fingerprint density at radius 2 is 2.24 bits per heavy atom. The van der Waals surface area contributed by atoms with Crippen molar-refractivity contribution in [1.82, 2.24) is 4.98 Å². The van der Waals surface area contributed by atoms with Gasteiger partial charge in [0.1, 0.15) is 17.7 Å². The third-order valence-electron chi connectivity index (χ3n) is 3.33. The molecule has 1 unspecified atom stereocenters. The molecule has 0 aliphatic carbocycles. The number of hydrogen-bond donors (Lipinski definition) is 1. The zero-order valence-corrected chi connectivity index (χ0v) is 12.6. The number of aromatic nitrogens is 1. The Morgan fingerprint density at radius 3 is 3.00 bits per heavy atom. The fraction of sp³-hybridized carbons (Fsp3) is 0.250. The Balaban J connectivity index is 1.92. The normalized spacial score (nSPS) is 16.2. The number of hydrogen-bond acceptors (Lipinski definition) is 3. The van der Waals surface area contributed by atoms with Gasteiger partial charge in [-0.1, -0.05) is 17.7 Å². The zero-order chi connectivity index (χ0) is 15.0. The molecule has 4 nitrogen and oxygen atoms in total. The van der Waals surface area contributed by atoms with Crippen molar-refractivity contribution in [3.8, 4) is 5.75 Å². The molecule has 5 heteroatoms. The maximum Gasteiger partial charge on any atom is 0.260 e. The average Bonchev–Trinajstić information content (AvgIpc) is 2.77. The van der Waals surface area contributed by atoms with Crippen LogP contribution in [-0.4, -0.2) is 17.0 Å². The summed E-state index contributed by atoms with van der Waals surface area (Å²) in [5.41, 5.74) is 2.26. The van der Waals surface area contributed by atoms with Crippen LogP contribution in [0.5, 0.6) is 5.75 Å². The van der Waals surface area contributed by atoms with Crippen molar-refractivity contribution in [3.63, 3.8) is 0 Å². The van der Waals surface area contributed by atoms with Crippen molar-refractivity contribution in [2.24, 2.45) is 0 Å². The van der Waals surface area contributed by atoms with Crippen LogP contribution in [0.1, 0.15) is 28.5 Å². The maximum atomic E-state index is 12.5. The molecule has 0 fully saturated rings. The first-order valence-electron chi connectivity index (χ1n) is 6.77. The number of aryl methyl sites for hydroxylation is 1. The van der Waals surface area contributed by atoms with Gasteiger partial charge in [-0.15, -0.1) is 0 Å². The van der Waals surface area contributed by atoms with E-state index in [1.807, 2.05) is 32.0 Å². The zero-order valence-electron chi connectivity index (χ0n) is 11.8. The molecule has 108 valence electrons. The Kier molecular flexibility index (Phi) is 3.55. The molecule has 3 rings (SSSR count). The van der Waals surface area contributed by atoms with E-state index >= 15 is 0 Å². The minimum Gasteiger partial charge on any atom is -0.489 e. The molecule has 1 amide bonds. The molecule has 0 saturated heterocycles. The second-order valence-corrected chi connectivity index (χ2v) is 5.63.